The van der Waals surface area contributed by atoms with Crippen LogP contribution in [0.15, 0.2) is 60.7 Å². The van der Waals surface area contributed by atoms with Gasteiger partial charge in [-0.1, -0.05) is 81.4 Å². The van der Waals surface area contributed by atoms with Crippen molar-refractivity contribution in [2.24, 2.45) is 16.7 Å². The molecule has 4 heteroatoms. The van der Waals surface area contributed by atoms with Gasteiger partial charge in [0.25, 0.3) is 5.91 Å². The number of benzene rings is 2. The van der Waals surface area contributed by atoms with Crippen LogP contribution in [0.5, 0.6) is 0 Å². The molecule has 31 heavy (non-hydrogen) atoms. The molecule has 2 aromatic carbocycles. The smallest absolute Gasteiger partial charge is 0.251 e. The molecule has 0 spiro atoms. The van der Waals surface area contributed by atoms with Gasteiger partial charge in [-0.15, -0.1) is 0 Å². The third kappa shape index (κ3) is 4.16. The Kier molecular flexibility index (Phi) is 6.23. The van der Waals surface area contributed by atoms with Crippen LogP contribution in [0.1, 0.15) is 57.4 Å². The van der Waals surface area contributed by atoms with Crippen molar-refractivity contribution >= 4 is 5.91 Å². The molecule has 4 rings (SSSR count). The second-order valence-electron chi connectivity index (χ2n) is 9.95. The van der Waals surface area contributed by atoms with E-state index in [1.165, 1.54) is 12.8 Å². The molecule has 2 aliphatic carbocycles. The molecule has 2 aliphatic rings. The van der Waals surface area contributed by atoms with Crippen LogP contribution in [0.2, 0.25) is 0 Å². The number of methoxy groups -OCH3 is 1. The van der Waals surface area contributed by atoms with E-state index < -0.39 is 12.3 Å². The van der Waals surface area contributed by atoms with Crippen LogP contribution in [0.3, 0.4) is 0 Å². The molecular weight excluding hydrogens is 386 g/mol. The third-order valence-electron chi connectivity index (χ3n) is 8.21. The van der Waals surface area contributed by atoms with E-state index in [4.69, 9.17) is 9.47 Å². The first-order valence-electron chi connectivity index (χ1n) is 11.4. The SMILES string of the molecule is CO[C@H](NC(=O)[C@H](Cc1ccccc1)OC1CC2CCC1(C)C2(C)C)c1ccccc1. The van der Waals surface area contributed by atoms with Crippen LogP contribution in [0, 0.1) is 16.7 Å². The predicted octanol–water partition coefficient (Wildman–Crippen LogP) is 5.29. The Bertz CT molecular complexity index is 882. The van der Waals surface area contributed by atoms with Crippen molar-refractivity contribution in [3.05, 3.63) is 71.8 Å². The quantitative estimate of drug-likeness (QED) is 0.589. The summed E-state index contributed by atoms with van der Waals surface area (Å²) >= 11 is 0. The summed E-state index contributed by atoms with van der Waals surface area (Å²) in [5.74, 6) is 0.544. The van der Waals surface area contributed by atoms with Gasteiger partial charge in [-0.3, -0.25) is 4.79 Å². The number of carbonyl (C=O) groups excluding carboxylic acids is 1. The minimum Gasteiger partial charge on any atom is -0.364 e. The summed E-state index contributed by atoms with van der Waals surface area (Å²) in [4.78, 5) is 13.4. The van der Waals surface area contributed by atoms with Crippen molar-refractivity contribution in [1.29, 1.82) is 0 Å². The summed E-state index contributed by atoms with van der Waals surface area (Å²) in [6, 6.07) is 19.9. The molecule has 2 fully saturated rings. The van der Waals surface area contributed by atoms with E-state index in [0.717, 1.165) is 17.5 Å². The molecule has 0 radical (unpaired) electrons. The molecule has 3 unspecified atom stereocenters. The summed E-state index contributed by atoms with van der Waals surface area (Å²) in [5, 5.41) is 3.07. The van der Waals surface area contributed by atoms with Gasteiger partial charge in [0.2, 0.25) is 0 Å². The average Bonchev–Trinajstić information content (AvgIpc) is 3.11. The third-order valence-corrected chi connectivity index (χ3v) is 8.21. The number of hydrogen-bond donors (Lipinski definition) is 1. The normalized spacial score (nSPS) is 28.3. The molecule has 1 N–H and O–H groups in total. The topological polar surface area (TPSA) is 47.6 Å². The summed E-state index contributed by atoms with van der Waals surface area (Å²) in [7, 11) is 1.62. The second-order valence-corrected chi connectivity index (χ2v) is 9.95. The van der Waals surface area contributed by atoms with E-state index in [1.54, 1.807) is 7.11 Å². The summed E-state index contributed by atoms with van der Waals surface area (Å²) in [6.45, 7) is 7.09. The molecule has 5 atom stereocenters. The molecule has 2 bridgehead atoms. The Morgan fingerprint density at radius 1 is 1.06 bits per heavy atom. The van der Waals surface area contributed by atoms with E-state index in [9.17, 15) is 4.79 Å². The first kappa shape index (κ1) is 22.0. The maximum absolute atomic E-state index is 13.4. The zero-order valence-corrected chi connectivity index (χ0v) is 19.1. The highest BCUT2D eigenvalue weighted by molar-refractivity contribution is 5.81. The van der Waals surface area contributed by atoms with Gasteiger partial charge in [0.15, 0.2) is 6.23 Å². The highest BCUT2D eigenvalue weighted by Gasteiger charge is 2.62. The lowest BCUT2D eigenvalue weighted by Crippen LogP contribution is -2.46. The Hall–Kier alpha value is -2.17. The fourth-order valence-electron chi connectivity index (χ4n) is 5.69. The minimum atomic E-state index is -0.555. The Labute approximate surface area is 186 Å². The van der Waals surface area contributed by atoms with Gasteiger partial charge in [-0.25, -0.2) is 0 Å². The highest BCUT2D eigenvalue weighted by atomic mass is 16.5. The lowest BCUT2D eigenvalue weighted by atomic mass is 9.70. The molecule has 2 saturated carbocycles. The molecule has 4 nitrogen and oxygen atoms in total. The van der Waals surface area contributed by atoms with Crippen LogP contribution in [0.25, 0.3) is 0 Å². The zero-order valence-electron chi connectivity index (χ0n) is 19.1. The lowest BCUT2D eigenvalue weighted by molar-refractivity contribution is -0.148. The Morgan fingerprint density at radius 3 is 2.26 bits per heavy atom. The average molecular weight is 422 g/mol. The molecule has 0 heterocycles. The predicted molar refractivity (Wildman–Crippen MR) is 122 cm³/mol. The van der Waals surface area contributed by atoms with Gasteiger partial charge in [0.1, 0.15) is 6.10 Å². The Balaban J connectivity index is 1.54. The van der Waals surface area contributed by atoms with E-state index in [0.29, 0.717) is 12.3 Å². The fourth-order valence-corrected chi connectivity index (χ4v) is 5.69. The van der Waals surface area contributed by atoms with Crippen LogP contribution in [0.4, 0.5) is 0 Å². The van der Waals surface area contributed by atoms with Gasteiger partial charge >= 0.3 is 0 Å². The zero-order chi connectivity index (χ0) is 22.1. The van der Waals surface area contributed by atoms with Crippen molar-refractivity contribution in [2.45, 2.75) is 64.9 Å². The van der Waals surface area contributed by atoms with Gasteiger partial charge in [-0.2, -0.15) is 0 Å². The number of carbonyl (C=O) groups is 1. The van der Waals surface area contributed by atoms with Gasteiger partial charge in [0.05, 0.1) is 6.10 Å². The van der Waals surface area contributed by atoms with Crippen LogP contribution in [-0.4, -0.2) is 25.2 Å². The monoisotopic (exact) mass is 421 g/mol. The number of ether oxygens (including phenoxy) is 2. The highest BCUT2D eigenvalue weighted by Crippen LogP contribution is 2.66. The van der Waals surface area contributed by atoms with E-state index in [1.807, 2.05) is 48.5 Å². The van der Waals surface area contributed by atoms with Gasteiger partial charge in [-0.05, 0) is 41.6 Å². The van der Waals surface area contributed by atoms with Gasteiger partial charge < -0.3 is 14.8 Å². The van der Waals surface area contributed by atoms with Crippen LogP contribution >= 0.6 is 0 Å². The molecule has 0 saturated heterocycles. The van der Waals surface area contributed by atoms with Crippen LogP contribution < -0.4 is 5.32 Å². The number of hydrogen-bond acceptors (Lipinski definition) is 3. The molecule has 0 aliphatic heterocycles. The minimum absolute atomic E-state index is 0.0958. The lowest BCUT2D eigenvalue weighted by Gasteiger charge is -2.40. The Morgan fingerprint density at radius 2 is 1.71 bits per heavy atom. The second kappa shape index (κ2) is 8.76. The van der Waals surface area contributed by atoms with Gasteiger partial charge in [0, 0.05) is 19.1 Å². The molecule has 166 valence electrons. The summed E-state index contributed by atoms with van der Waals surface area (Å²) in [5.41, 5.74) is 2.37. The molecule has 0 aromatic heterocycles. The van der Waals surface area contributed by atoms with Crippen molar-refractivity contribution in [2.75, 3.05) is 7.11 Å². The number of rotatable bonds is 8. The molecule has 1 amide bonds. The van der Waals surface area contributed by atoms with Crippen molar-refractivity contribution < 1.29 is 14.3 Å². The fraction of sp³-hybridized carbons (Fsp3) is 0.519. The summed E-state index contributed by atoms with van der Waals surface area (Å²) < 4.78 is 12.3. The van der Waals surface area contributed by atoms with E-state index in [-0.39, 0.29) is 22.8 Å². The van der Waals surface area contributed by atoms with Crippen molar-refractivity contribution in [3.63, 3.8) is 0 Å². The first-order valence-corrected chi connectivity index (χ1v) is 11.4. The number of amides is 1. The molecule has 2 aromatic rings. The maximum Gasteiger partial charge on any atom is 0.251 e. The largest absolute Gasteiger partial charge is 0.364 e. The van der Waals surface area contributed by atoms with Crippen molar-refractivity contribution in [3.8, 4) is 0 Å². The maximum atomic E-state index is 13.4. The molecular formula is C27H35NO3. The standard InChI is InChI=1S/C27H35NO3/c1-26(2)21-15-16-27(26,3)23(18-21)31-22(17-19-11-7-5-8-12-19)24(29)28-25(30-4)20-13-9-6-10-14-20/h5-14,21-23,25H,15-18H2,1-4H3,(H,28,29)/t21?,22-,23?,25-,27?/m0/s1. The van der Waals surface area contributed by atoms with Crippen molar-refractivity contribution in [1.82, 2.24) is 5.32 Å². The summed E-state index contributed by atoms with van der Waals surface area (Å²) in [6.07, 6.45) is 3.06. The number of fused-ring (bicyclic) bond motifs is 2. The first-order chi connectivity index (χ1) is 14.8. The van der Waals surface area contributed by atoms with E-state index in [2.05, 4.69) is 38.2 Å². The number of nitrogens with one attached hydrogen (secondary N) is 1. The van der Waals surface area contributed by atoms with Crippen LogP contribution in [-0.2, 0) is 20.7 Å². The van der Waals surface area contributed by atoms with E-state index >= 15 is 0 Å².